The Balaban J connectivity index is 1.56. The minimum Gasteiger partial charge on any atom is -0.508 e. The monoisotopic (exact) mass is 419 g/mol. The number of carbonyl (C=O) groups is 2. The summed E-state index contributed by atoms with van der Waals surface area (Å²) in [5.74, 6) is -1.06. The van der Waals surface area contributed by atoms with Gasteiger partial charge >= 0.3 is 6.18 Å². The number of anilines is 1. The van der Waals surface area contributed by atoms with E-state index in [4.69, 9.17) is 0 Å². The molecule has 2 amide bonds. The molecule has 0 bridgehead atoms. The van der Waals surface area contributed by atoms with Crippen LogP contribution in [0.3, 0.4) is 0 Å². The van der Waals surface area contributed by atoms with E-state index in [2.05, 4.69) is 26.2 Å². The molecular weight excluding hydrogens is 403 g/mol. The second kappa shape index (κ2) is 8.64. The minimum absolute atomic E-state index is 0.0333. The van der Waals surface area contributed by atoms with Crippen molar-refractivity contribution in [2.75, 3.05) is 5.32 Å². The SMILES string of the molecule is O=C(CC1N=C(N/N=C/c2ccc(O)cc2)NC1=O)Nc1cccc(C(F)(F)F)c1. The van der Waals surface area contributed by atoms with Gasteiger partial charge in [-0.15, -0.1) is 0 Å². The Labute approximate surface area is 168 Å². The number of nitrogens with one attached hydrogen (secondary N) is 3. The number of nitrogens with zero attached hydrogens (tertiary/aromatic N) is 2. The highest BCUT2D eigenvalue weighted by molar-refractivity contribution is 6.07. The third-order valence-corrected chi connectivity index (χ3v) is 3.96. The van der Waals surface area contributed by atoms with Crippen molar-refractivity contribution in [1.82, 2.24) is 10.7 Å². The van der Waals surface area contributed by atoms with E-state index in [1.807, 2.05) is 0 Å². The molecule has 3 rings (SSSR count). The van der Waals surface area contributed by atoms with Crippen LogP contribution in [0.15, 0.2) is 58.6 Å². The molecule has 8 nitrogen and oxygen atoms in total. The lowest BCUT2D eigenvalue weighted by atomic mass is 10.1. The first-order valence-electron chi connectivity index (χ1n) is 8.64. The van der Waals surface area contributed by atoms with Gasteiger partial charge in [-0.2, -0.15) is 18.3 Å². The number of amides is 2. The van der Waals surface area contributed by atoms with E-state index < -0.39 is 29.6 Å². The topological polar surface area (TPSA) is 115 Å². The Bertz CT molecular complexity index is 1000. The number of benzene rings is 2. The van der Waals surface area contributed by atoms with Gasteiger partial charge < -0.3 is 10.4 Å². The molecule has 0 saturated carbocycles. The van der Waals surface area contributed by atoms with Crippen LogP contribution in [-0.4, -0.2) is 35.1 Å². The van der Waals surface area contributed by atoms with Crippen molar-refractivity contribution >= 4 is 29.7 Å². The lowest BCUT2D eigenvalue weighted by Crippen LogP contribution is -2.35. The Morgan fingerprint density at radius 3 is 2.67 bits per heavy atom. The molecule has 156 valence electrons. The van der Waals surface area contributed by atoms with Gasteiger partial charge in [0.2, 0.25) is 11.9 Å². The van der Waals surface area contributed by atoms with Gasteiger partial charge in [-0.25, -0.2) is 10.4 Å². The summed E-state index contributed by atoms with van der Waals surface area (Å²) in [5, 5.41) is 17.9. The Hall–Kier alpha value is -3.89. The number of aliphatic imine (C=N–C) groups is 1. The van der Waals surface area contributed by atoms with Crippen LogP contribution >= 0.6 is 0 Å². The van der Waals surface area contributed by atoms with Crippen LogP contribution in [0, 0.1) is 0 Å². The molecule has 1 aliphatic heterocycles. The van der Waals surface area contributed by atoms with E-state index in [9.17, 15) is 27.9 Å². The van der Waals surface area contributed by atoms with Gasteiger partial charge in [0.1, 0.15) is 11.8 Å². The maximum Gasteiger partial charge on any atom is 0.416 e. The molecule has 0 saturated heterocycles. The number of hydrogen-bond donors (Lipinski definition) is 4. The van der Waals surface area contributed by atoms with Crippen LogP contribution in [0.25, 0.3) is 0 Å². The van der Waals surface area contributed by atoms with E-state index in [-0.39, 0.29) is 23.8 Å². The van der Waals surface area contributed by atoms with Gasteiger partial charge in [0.05, 0.1) is 18.2 Å². The summed E-state index contributed by atoms with van der Waals surface area (Å²) < 4.78 is 38.2. The average molecular weight is 419 g/mol. The van der Waals surface area contributed by atoms with Gasteiger partial charge in [0, 0.05) is 5.69 Å². The molecule has 11 heteroatoms. The molecule has 4 N–H and O–H groups in total. The fraction of sp³-hybridized carbons (Fsp3) is 0.158. The lowest BCUT2D eigenvalue weighted by molar-refractivity contribution is -0.137. The molecule has 0 radical (unpaired) electrons. The van der Waals surface area contributed by atoms with Gasteiger partial charge in [-0.3, -0.25) is 14.9 Å². The Morgan fingerprint density at radius 1 is 1.23 bits per heavy atom. The number of phenols is 1. The number of carbonyl (C=O) groups excluding carboxylic acids is 2. The minimum atomic E-state index is -4.53. The summed E-state index contributed by atoms with van der Waals surface area (Å²) in [4.78, 5) is 28.1. The van der Waals surface area contributed by atoms with Crippen molar-refractivity contribution in [1.29, 1.82) is 0 Å². The first-order chi connectivity index (χ1) is 14.2. The zero-order valence-electron chi connectivity index (χ0n) is 15.3. The summed E-state index contributed by atoms with van der Waals surface area (Å²) in [6.45, 7) is 0. The highest BCUT2D eigenvalue weighted by atomic mass is 19.4. The molecule has 1 atom stereocenters. The van der Waals surface area contributed by atoms with Crippen LogP contribution in [0.1, 0.15) is 17.5 Å². The van der Waals surface area contributed by atoms with Gasteiger partial charge in [0.25, 0.3) is 5.91 Å². The van der Waals surface area contributed by atoms with Crippen molar-refractivity contribution < 1.29 is 27.9 Å². The number of aromatic hydroxyl groups is 1. The van der Waals surface area contributed by atoms with E-state index in [1.54, 1.807) is 12.1 Å². The summed E-state index contributed by atoms with van der Waals surface area (Å²) >= 11 is 0. The average Bonchev–Trinajstić information content (AvgIpc) is 3.02. The third kappa shape index (κ3) is 5.56. The highest BCUT2D eigenvalue weighted by Gasteiger charge is 2.31. The Kier molecular flexibility index (Phi) is 6.00. The summed E-state index contributed by atoms with van der Waals surface area (Å²) in [6, 6.07) is 9.35. The second-order valence-corrected chi connectivity index (χ2v) is 6.28. The largest absolute Gasteiger partial charge is 0.508 e. The maximum atomic E-state index is 12.7. The van der Waals surface area contributed by atoms with Crippen LogP contribution in [0.2, 0.25) is 0 Å². The first-order valence-corrected chi connectivity index (χ1v) is 8.64. The molecule has 0 aromatic heterocycles. The number of hydrazone groups is 1. The smallest absolute Gasteiger partial charge is 0.416 e. The van der Waals surface area contributed by atoms with Crippen molar-refractivity contribution in [2.24, 2.45) is 10.1 Å². The number of hydrogen-bond acceptors (Lipinski definition) is 6. The first kappa shape index (κ1) is 20.8. The predicted molar refractivity (Wildman–Crippen MR) is 103 cm³/mol. The van der Waals surface area contributed by atoms with E-state index in [1.165, 1.54) is 30.5 Å². The molecular formula is C19H16F3N5O3. The predicted octanol–water partition coefficient (Wildman–Crippen LogP) is 2.22. The molecule has 1 heterocycles. The van der Waals surface area contributed by atoms with Crippen molar-refractivity contribution in [2.45, 2.75) is 18.6 Å². The molecule has 0 spiro atoms. The van der Waals surface area contributed by atoms with Crippen LogP contribution < -0.4 is 16.1 Å². The molecule has 0 aliphatic carbocycles. The third-order valence-electron chi connectivity index (χ3n) is 3.96. The van der Waals surface area contributed by atoms with Gasteiger partial charge in [-0.05, 0) is 48.0 Å². The maximum absolute atomic E-state index is 12.7. The lowest BCUT2D eigenvalue weighted by Gasteiger charge is -2.10. The summed E-state index contributed by atoms with van der Waals surface area (Å²) in [6.07, 6.45) is -3.45. The quantitative estimate of drug-likeness (QED) is 0.439. The van der Waals surface area contributed by atoms with Crippen molar-refractivity contribution in [3.63, 3.8) is 0 Å². The molecule has 1 aliphatic rings. The zero-order valence-corrected chi connectivity index (χ0v) is 15.3. The number of alkyl halides is 3. The number of guanidine groups is 1. The zero-order chi connectivity index (χ0) is 21.7. The fourth-order valence-electron chi connectivity index (χ4n) is 2.53. The van der Waals surface area contributed by atoms with Crippen molar-refractivity contribution in [3.8, 4) is 5.75 Å². The van der Waals surface area contributed by atoms with Crippen LogP contribution in [-0.2, 0) is 15.8 Å². The van der Waals surface area contributed by atoms with Crippen LogP contribution in [0.5, 0.6) is 5.75 Å². The van der Waals surface area contributed by atoms with Crippen LogP contribution in [0.4, 0.5) is 18.9 Å². The normalized spacial score (nSPS) is 16.3. The highest BCUT2D eigenvalue weighted by Crippen LogP contribution is 2.30. The second-order valence-electron chi connectivity index (χ2n) is 6.28. The van der Waals surface area contributed by atoms with Crippen molar-refractivity contribution in [3.05, 3.63) is 59.7 Å². The number of rotatable bonds is 5. The van der Waals surface area contributed by atoms with E-state index >= 15 is 0 Å². The Morgan fingerprint density at radius 2 is 1.97 bits per heavy atom. The summed E-state index contributed by atoms with van der Waals surface area (Å²) in [5.41, 5.74) is 2.28. The number of halogens is 3. The van der Waals surface area contributed by atoms with Gasteiger partial charge in [-0.1, -0.05) is 6.07 Å². The van der Waals surface area contributed by atoms with E-state index in [0.29, 0.717) is 5.56 Å². The van der Waals surface area contributed by atoms with E-state index in [0.717, 1.165) is 12.1 Å². The molecule has 1 unspecified atom stereocenters. The molecule has 0 fully saturated rings. The fourth-order valence-corrected chi connectivity index (χ4v) is 2.53. The summed E-state index contributed by atoms with van der Waals surface area (Å²) in [7, 11) is 0. The van der Waals surface area contributed by atoms with Gasteiger partial charge in [0.15, 0.2) is 0 Å². The molecule has 2 aromatic carbocycles. The standard InChI is InChI=1S/C19H16F3N5O3/c20-19(21,22)12-2-1-3-13(8-12)24-16(29)9-15-17(30)26-18(25-15)27-23-10-11-4-6-14(28)7-5-11/h1-8,10,15,28H,9H2,(H,24,29)(H2,25,26,27,30)/b23-10+. The molecule has 30 heavy (non-hydrogen) atoms. The molecule has 2 aromatic rings. The number of phenolic OH excluding ortho intramolecular Hbond substituents is 1.